The molecule has 2 atom stereocenters. The molecule has 3 aromatic rings. The van der Waals surface area contributed by atoms with Gasteiger partial charge in [-0.25, -0.2) is 0 Å². The van der Waals surface area contributed by atoms with Crippen molar-refractivity contribution >= 4 is 11.0 Å². The molecule has 0 saturated carbocycles. The van der Waals surface area contributed by atoms with E-state index in [0.717, 1.165) is 30.0 Å². The van der Waals surface area contributed by atoms with Gasteiger partial charge in [-0.1, -0.05) is 24.6 Å². The van der Waals surface area contributed by atoms with Crippen molar-refractivity contribution in [3.63, 3.8) is 0 Å². The molecule has 0 amide bonds. The van der Waals surface area contributed by atoms with E-state index < -0.39 is 0 Å². The van der Waals surface area contributed by atoms with E-state index in [2.05, 4.69) is 9.80 Å². The van der Waals surface area contributed by atoms with Gasteiger partial charge in [0.05, 0.1) is 23.6 Å². The van der Waals surface area contributed by atoms with Gasteiger partial charge in [-0.3, -0.25) is 9.69 Å². The van der Waals surface area contributed by atoms with E-state index in [-0.39, 0.29) is 5.43 Å². The van der Waals surface area contributed by atoms with Gasteiger partial charge in [-0.05, 0) is 62.9 Å². The number of ether oxygens (including phenoxy) is 2. The number of methoxy groups -OCH3 is 1. The average Bonchev–Trinajstić information content (AvgIpc) is 2.89. The van der Waals surface area contributed by atoms with Crippen LogP contribution < -0.4 is 14.9 Å². The smallest absolute Gasteiger partial charge is 0.200 e. The average molecular weight is 461 g/mol. The van der Waals surface area contributed by atoms with Crippen LogP contribution in [0.15, 0.2) is 51.9 Å². The molecule has 0 N–H and O–H groups in total. The molecule has 2 aromatic carbocycles. The Morgan fingerprint density at radius 2 is 1.91 bits per heavy atom. The van der Waals surface area contributed by atoms with Crippen LogP contribution in [0.25, 0.3) is 22.1 Å². The summed E-state index contributed by atoms with van der Waals surface area (Å²) in [5, 5.41) is 0.587. The minimum absolute atomic E-state index is 0.0456. The molecule has 6 nitrogen and oxygen atoms in total. The number of nitrogens with zero attached hydrogens (tertiary/aromatic N) is 2. The summed E-state index contributed by atoms with van der Waals surface area (Å²) in [5.74, 6) is 2.16. The van der Waals surface area contributed by atoms with Crippen LogP contribution in [0.4, 0.5) is 0 Å². The largest absolute Gasteiger partial charge is 0.496 e. The third kappa shape index (κ3) is 3.79. The number of piperidine rings is 2. The molecule has 3 aliphatic heterocycles. The lowest BCUT2D eigenvalue weighted by molar-refractivity contribution is 0.0146. The van der Waals surface area contributed by atoms with Crippen molar-refractivity contribution in [2.75, 3.05) is 33.5 Å². The van der Waals surface area contributed by atoms with E-state index in [0.29, 0.717) is 41.0 Å². The number of para-hydroxylation sites is 1. The van der Waals surface area contributed by atoms with Crippen LogP contribution >= 0.6 is 0 Å². The van der Waals surface area contributed by atoms with Crippen LogP contribution in [-0.4, -0.2) is 49.3 Å². The Labute approximate surface area is 200 Å². The predicted molar refractivity (Wildman–Crippen MR) is 132 cm³/mol. The van der Waals surface area contributed by atoms with E-state index in [1.807, 2.05) is 36.4 Å². The van der Waals surface area contributed by atoms with Crippen molar-refractivity contribution in [3.8, 4) is 22.6 Å². The van der Waals surface area contributed by atoms with Crippen LogP contribution in [0.3, 0.4) is 0 Å². The SMILES string of the molecule is COc1ccccc1-c1coc2c3c(ccc2c1=O)OCN(CC1CCCN2CCCCC12)C3. The van der Waals surface area contributed by atoms with Crippen molar-refractivity contribution in [3.05, 3.63) is 58.4 Å². The monoisotopic (exact) mass is 460 g/mol. The van der Waals surface area contributed by atoms with Gasteiger partial charge in [0.25, 0.3) is 0 Å². The van der Waals surface area contributed by atoms with Gasteiger partial charge in [0.1, 0.15) is 30.1 Å². The van der Waals surface area contributed by atoms with Crippen LogP contribution in [0.1, 0.15) is 37.7 Å². The molecule has 34 heavy (non-hydrogen) atoms. The minimum atomic E-state index is -0.0456. The number of fused-ring (bicyclic) bond motifs is 4. The Morgan fingerprint density at radius 3 is 2.82 bits per heavy atom. The van der Waals surface area contributed by atoms with E-state index >= 15 is 0 Å². The molecule has 178 valence electrons. The number of rotatable bonds is 4. The molecular weight excluding hydrogens is 428 g/mol. The first-order chi connectivity index (χ1) is 16.7. The van der Waals surface area contributed by atoms with Crippen molar-refractivity contribution in [1.82, 2.24) is 9.80 Å². The second-order valence-electron chi connectivity index (χ2n) is 9.88. The Morgan fingerprint density at radius 1 is 1.03 bits per heavy atom. The maximum Gasteiger partial charge on any atom is 0.200 e. The molecule has 2 saturated heterocycles. The fourth-order valence-electron chi connectivity index (χ4n) is 6.25. The summed E-state index contributed by atoms with van der Waals surface area (Å²) in [6, 6.07) is 12.0. The number of hydrogen-bond donors (Lipinski definition) is 0. The summed E-state index contributed by atoms with van der Waals surface area (Å²) in [4.78, 5) is 18.6. The molecule has 0 radical (unpaired) electrons. The quantitative estimate of drug-likeness (QED) is 0.553. The molecule has 0 spiro atoms. The highest BCUT2D eigenvalue weighted by Gasteiger charge is 2.35. The molecule has 6 rings (SSSR count). The summed E-state index contributed by atoms with van der Waals surface area (Å²) >= 11 is 0. The molecule has 4 heterocycles. The second-order valence-corrected chi connectivity index (χ2v) is 9.88. The third-order valence-corrected chi connectivity index (χ3v) is 7.90. The molecule has 0 bridgehead atoms. The lowest BCUT2D eigenvalue weighted by atomic mass is 9.83. The van der Waals surface area contributed by atoms with Crippen molar-refractivity contribution < 1.29 is 13.9 Å². The maximum atomic E-state index is 13.5. The summed E-state index contributed by atoms with van der Waals surface area (Å²) in [7, 11) is 1.61. The zero-order valence-electron chi connectivity index (χ0n) is 19.8. The Kier molecular flexibility index (Phi) is 5.79. The van der Waals surface area contributed by atoms with Gasteiger partial charge >= 0.3 is 0 Å². The third-order valence-electron chi connectivity index (χ3n) is 7.90. The maximum absolute atomic E-state index is 13.5. The Balaban J connectivity index is 1.30. The highest BCUT2D eigenvalue weighted by Crippen LogP contribution is 2.36. The van der Waals surface area contributed by atoms with Crippen LogP contribution in [-0.2, 0) is 6.54 Å². The molecular formula is C28H32N2O4. The van der Waals surface area contributed by atoms with Gasteiger partial charge in [-0.15, -0.1) is 0 Å². The topological polar surface area (TPSA) is 55.2 Å². The lowest BCUT2D eigenvalue weighted by Gasteiger charge is -2.46. The summed E-state index contributed by atoms with van der Waals surface area (Å²) in [5.41, 5.74) is 2.82. The van der Waals surface area contributed by atoms with E-state index in [1.165, 1.54) is 45.2 Å². The minimum Gasteiger partial charge on any atom is -0.496 e. The van der Waals surface area contributed by atoms with E-state index in [4.69, 9.17) is 13.9 Å². The standard InChI is InChI=1S/C28H32N2O4/c1-32-25-10-3-2-8-20(25)23-17-33-28-21(27(23)31)11-12-26-22(28)16-29(18-34-26)15-19-7-6-14-30-13-5-4-9-24(19)30/h2-3,8,10-12,17,19,24H,4-7,9,13-16,18H2,1H3. The normalized spacial score (nSPS) is 23.2. The zero-order valence-corrected chi connectivity index (χ0v) is 19.8. The fourth-order valence-corrected chi connectivity index (χ4v) is 6.25. The highest BCUT2D eigenvalue weighted by atomic mass is 16.5. The zero-order chi connectivity index (χ0) is 23.1. The van der Waals surface area contributed by atoms with Gasteiger partial charge in [0.15, 0.2) is 0 Å². The first kappa shape index (κ1) is 21.7. The summed E-state index contributed by atoms with van der Waals surface area (Å²) in [6.45, 7) is 4.87. The fraction of sp³-hybridized carbons (Fsp3) is 0.464. The summed E-state index contributed by atoms with van der Waals surface area (Å²) < 4.78 is 17.7. The molecule has 2 fully saturated rings. The number of benzene rings is 2. The van der Waals surface area contributed by atoms with Crippen molar-refractivity contribution in [2.24, 2.45) is 5.92 Å². The van der Waals surface area contributed by atoms with Crippen LogP contribution in [0.5, 0.6) is 11.5 Å². The first-order valence-corrected chi connectivity index (χ1v) is 12.5. The first-order valence-electron chi connectivity index (χ1n) is 12.5. The van der Waals surface area contributed by atoms with Gasteiger partial charge in [0.2, 0.25) is 5.43 Å². The van der Waals surface area contributed by atoms with Crippen molar-refractivity contribution in [2.45, 2.75) is 44.7 Å². The molecule has 1 aromatic heterocycles. The molecule has 6 heteroatoms. The van der Waals surface area contributed by atoms with Gasteiger partial charge in [0, 0.05) is 24.7 Å². The lowest BCUT2D eigenvalue weighted by Crippen LogP contribution is -2.51. The molecule has 3 aliphatic rings. The Hall–Kier alpha value is -2.83. The van der Waals surface area contributed by atoms with Gasteiger partial charge in [-0.2, -0.15) is 0 Å². The predicted octanol–water partition coefficient (Wildman–Crippen LogP) is 4.89. The van der Waals surface area contributed by atoms with E-state index in [1.54, 1.807) is 13.4 Å². The highest BCUT2D eigenvalue weighted by molar-refractivity contribution is 5.86. The molecule has 0 aliphatic carbocycles. The second kappa shape index (κ2) is 9.08. The Bertz CT molecular complexity index is 1250. The van der Waals surface area contributed by atoms with Gasteiger partial charge < -0.3 is 18.8 Å². The number of hydrogen-bond acceptors (Lipinski definition) is 6. The van der Waals surface area contributed by atoms with E-state index in [9.17, 15) is 4.79 Å². The summed E-state index contributed by atoms with van der Waals surface area (Å²) in [6.07, 6.45) is 8.16. The van der Waals surface area contributed by atoms with Crippen molar-refractivity contribution in [1.29, 1.82) is 0 Å². The molecule has 2 unspecified atom stereocenters. The van der Waals surface area contributed by atoms with Crippen LogP contribution in [0.2, 0.25) is 0 Å². The van der Waals surface area contributed by atoms with Crippen LogP contribution in [0, 0.1) is 5.92 Å².